The highest BCUT2D eigenvalue weighted by Gasteiger charge is 2.12. The van der Waals surface area contributed by atoms with Crippen LogP contribution in [-0.2, 0) is 14.4 Å². The number of Topliss-reactive ketones (excluding diaryl/α,β-unsaturated/α-hetero) is 2. The van der Waals surface area contributed by atoms with Crippen LogP contribution in [0.25, 0.3) is 6.08 Å². The van der Waals surface area contributed by atoms with Gasteiger partial charge in [0, 0.05) is 0 Å². The Bertz CT molecular complexity index is 610. The van der Waals surface area contributed by atoms with Crippen molar-refractivity contribution in [3.63, 3.8) is 0 Å². The van der Waals surface area contributed by atoms with Crippen molar-refractivity contribution in [3.05, 3.63) is 34.4 Å². The summed E-state index contributed by atoms with van der Waals surface area (Å²) in [6, 6.07) is 3.33. The van der Waals surface area contributed by atoms with Gasteiger partial charge in [0.1, 0.15) is 5.75 Å². The number of benzene rings is 1. The zero-order valence-corrected chi connectivity index (χ0v) is 12.5. The molecule has 0 bridgehead atoms. The van der Waals surface area contributed by atoms with Crippen LogP contribution in [0.4, 0.5) is 0 Å². The molecule has 1 N–H and O–H groups in total. The van der Waals surface area contributed by atoms with E-state index in [2.05, 4.69) is 0 Å². The lowest BCUT2D eigenvalue weighted by Gasteiger charge is -2.12. The molecule has 5 heteroatoms. The molecule has 0 amide bonds. The van der Waals surface area contributed by atoms with Gasteiger partial charge in [0.2, 0.25) is 0 Å². The minimum absolute atomic E-state index is 0.136. The van der Waals surface area contributed by atoms with Crippen LogP contribution in [-0.4, -0.2) is 29.2 Å². The zero-order valence-electron chi connectivity index (χ0n) is 12.5. The molecule has 0 aromatic heterocycles. The number of carbonyl (C=O) groups is 3. The van der Waals surface area contributed by atoms with E-state index >= 15 is 0 Å². The molecule has 112 valence electrons. The number of rotatable bonds is 6. The molecule has 0 radical (unpaired) electrons. The number of aliphatic carboxylic acids is 1. The van der Waals surface area contributed by atoms with E-state index < -0.39 is 12.6 Å². The third kappa shape index (κ3) is 4.27. The Balaban J connectivity index is 3.20. The Kier molecular flexibility index (Phi) is 5.41. The summed E-state index contributed by atoms with van der Waals surface area (Å²) in [5.41, 5.74) is 2.47. The fourth-order valence-electron chi connectivity index (χ4n) is 1.88. The number of carboxylic acid groups (broad SMARTS) is 1. The summed E-state index contributed by atoms with van der Waals surface area (Å²) >= 11 is 0. The van der Waals surface area contributed by atoms with Gasteiger partial charge < -0.3 is 9.84 Å². The number of allylic oxidation sites excluding steroid dienone is 1. The van der Waals surface area contributed by atoms with Crippen LogP contribution in [0.3, 0.4) is 0 Å². The first-order valence-corrected chi connectivity index (χ1v) is 6.42. The topological polar surface area (TPSA) is 80.7 Å². The van der Waals surface area contributed by atoms with Crippen molar-refractivity contribution >= 4 is 23.6 Å². The molecule has 0 unspecified atom stereocenters. The van der Waals surface area contributed by atoms with Gasteiger partial charge in [-0.1, -0.05) is 6.07 Å². The van der Waals surface area contributed by atoms with E-state index in [0.717, 1.165) is 16.7 Å². The van der Waals surface area contributed by atoms with Gasteiger partial charge in [0.25, 0.3) is 0 Å². The maximum Gasteiger partial charge on any atom is 0.341 e. The maximum absolute atomic E-state index is 11.5. The Morgan fingerprint density at radius 3 is 2.14 bits per heavy atom. The normalized spacial score (nSPS) is 9.90. The largest absolute Gasteiger partial charge is 0.482 e. The van der Waals surface area contributed by atoms with Crippen LogP contribution in [0, 0.1) is 13.8 Å². The lowest BCUT2D eigenvalue weighted by molar-refractivity contribution is -0.139. The van der Waals surface area contributed by atoms with Gasteiger partial charge in [-0.05, 0) is 56.5 Å². The van der Waals surface area contributed by atoms with E-state index in [9.17, 15) is 14.4 Å². The van der Waals surface area contributed by atoms with Gasteiger partial charge >= 0.3 is 5.97 Å². The van der Waals surface area contributed by atoms with E-state index in [1.807, 2.05) is 6.92 Å². The third-order valence-electron chi connectivity index (χ3n) is 3.19. The van der Waals surface area contributed by atoms with Gasteiger partial charge in [-0.15, -0.1) is 0 Å². The number of hydrogen-bond donors (Lipinski definition) is 1. The van der Waals surface area contributed by atoms with Gasteiger partial charge in [0.05, 0.1) is 5.57 Å². The highest BCUT2D eigenvalue weighted by Crippen LogP contribution is 2.26. The lowest BCUT2D eigenvalue weighted by atomic mass is 9.98. The SMILES string of the molecule is CC(=O)C(=Cc1ccc(OCC(=O)O)c(C)c1C)C(C)=O. The summed E-state index contributed by atoms with van der Waals surface area (Å²) in [6.45, 7) is 5.90. The smallest absolute Gasteiger partial charge is 0.341 e. The average Bonchev–Trinajstić information content (AvgIpc) is 2.38. The third-order valence-corrected chi connectivity index (χ3v) is 3.19. The van der Waals surface area contributed by atoms with Crippen molar-refractivity contribution < 1.29 is 24.2 Å². The molecule has 0 aliphatic rings. The molecular weight excluding hydrogens is 272 g/mol. The highest BCUT2D eigenvalue weighted by molar-refractivity contribution is 6.21. The minimum Gasteiger partial charge on any atom is -0.482 e. The maximum atomic E-state index is 11.5. The van der Waals surface area contributed by atoms with Crippen molar-refractivity contribution in [2.24, 2.45) is 0 Å². The molecule has 0 atom stereocenters. The zero-order chi connectivity index (χ0) is 16.2. The van der Waals surface area contributed by atoms with E-state index in [-0.39, 0.29) is 17.1 Å². The molecule has 0 heterocycles. The van der Waals surface area contributed by atoms with E-state index in [1.54, 1.807) is 25.1 Å². The highest BCUT2D eigenvalue weighted by atomic mass is 16.5. The van der Waals surface area contributed by atoms with Crippen LogP contribution in [0.1, 0.15) is 30.5 Å². The first-order valence-electron chi connectivity index (χ1n) is 6.42. The average molecular weight is 290 g/mol. The molecule has 0 spiro atoms. The van der Waals surface area contributed by atoms with E-state index in [4.69, 9.17) is 9.84 Å². The molecule has 1 rings (SSSR count). The molecule has 1 aromatic carbocycles. The van der Waals surface area contributed by atoms with Crippen LogP contribution >= 0.6 is 0 Å². The summed E-state index contributed by atoms with van der Waals surface area (Å²) in [7, 11) is 0. The summed E-state index contributed by atoms with van der Waals surface area (Å²) in [4.78, 5) is 33.4. The monoisotopic (exact) mass is 290 g/mol. The fraction of sp³-hybridized carbons (Fsp3) is 0.312. The van der Waals surface area contributed by atoms with Crippen molar-refractivity contribution in [3.8, 4) is 5.75 Å². The van der Waals surface area contributed by atoms with Gasteiger partial charge in [-0.3, -0.25) is 9.59 Å². The first kappa shape index (κ1) is 16.6. The quantitative estimate of drug-likeness (QED) is 0.494. The molecule has 5 nitrogen and oxygen atoms in total. The van der Waals surface area contributed by atoms with Gasteiger partial charge in [-0.25, -0.2) is 4.79 Å². The van der Waals surface area contributed by atoms with Crippen molar-refractivity contribution in [1.29, 1.82) is 0 Å². The molecule has 21 heavy (non-hydrogen) atoms. The first-order chi connectivity index (χ1) is 9.73. The molecule has 0 aliphatic carbocycles. The number of ether oxygens (including phenoxy) is 1. The molecule has 1 aromatic rings. The number of hydrogen-bond acceptors (Lipinski definition) is 4. The molecular formula is C16H18O5. The predicted molar refractivity (Wildman–Crippen MR) is 78.4 cm³/mol. The van der Waals surface area contributed by atoms with Crippen molar-refractivity contribution in [1.82, 2.24) is 0 Å². The molecule has 0 saturated heterocycles. The van der Waals surface area contributed by atoms with Crippen LogP contribution in [0.2, 0.25) is 0 Å². The second kappa shape index (κ2) is 6.83. The molecule has 0 saturated carbocycles. The number of carbonyl (C=O) groups excluding carboxylic acids is 2. The van der Waals surface area contributed by atoms with Crippen LogP contribution < -0.4 is 4.74 Å². The van der Waals surface area contributed by atoms with Crippen molar-refractivity contribution in [2.75, 3.05) is 6.61 Å². The van der Waals surface area contributed by atoms with Crippen LogP contribution in [0.5, 0.6) is 5.75 Å². The Morgan fingerprint density at radius 2 is 1.67 bits per heavy atom. The Morgan fingerprint density at radius 1 is 1.10 bits per heavy atom. The predicted octanol–water partition coefficient (Wildman–Crippen LogP) is 2.33. The second-order valence-corrected chi connectivity index (χ2v) is 4.76. The lowest BCUT2D eigenvalue weighted by Crippen LogP contribution is -2.10. The van der Waals surface area contributed by atoms with Crippen molar-refractivity contribution in [2.45, 2.75) is 27.7 Å². The van der Waals surface area contributed by atoms with Gasteiger partial charge in [-0.2, -0.15) is 0 Å². The van der Waals surface area contributed by atoms with Crippen LogP contribution in [0.15, 0.2) is 17.7 Å². The number of carboxylic acids is 1. The van der Waals surface area contributed by atoms with E-state index in [1.165, 1.54) is 13.8 Å². The summed E-state index contributed by atoms with van der Waals surface area (Å²) in [6.07, 6.45) is 1.55. The summed E-state index contributed by atoms with van der Waals surface area (Å²) in [5, 5.41) is 8.62. The molecule has 0 fully saturated rings. The second-order valence-electron chi connectivity index (χ2n) is 4.76. The minimum atomic E-state index is -1.05. The van der Waals surface area contributed by atoms with Gasteiger partial charge in [0.15, 0.2) is 18.2 Å². The summed E-state index contributed by atoms with van der Waals surface area (Å²) in [5.74, 6) is -1.15. The Hall–Kier alpha value is -2.43. The standard InChI is InChI=1S/C16H18O5/c1-9-10(2)15(21-8-16(19)20)6-5-13(9)7-14(11(3)17)12(4)18/h5-7H,8H2,1-4H3,(H,19,20). The molecule has 0 aliphatic heterocycles. The fourth-order valence-corrected chi connectivity index (χ4v) is 1.88. The Labute approximate surface area is 123 Å². The summed E-state index contributed by atoms with van der Waals surface area (Å²) < 4.78 is 5.18. The van der Waals surface area contributed by atoms with E-state index in [0.29, 0.717) is 5.75 Å². The number of ketones is 2.